The largest absolute Gasteiger partial charge is 0.497 e. The molecule has 3 rings (SSSR count). The van der Waals surface area contributed by atoms with Gasteiger partial charge in [0.25, 0.3) is 5.91 Å². The van der Waals surface area contributed by atoms with Gasteiger partial charge in [0.2, 0.25) is 0 Å². The second kappa shape index (κ2) is 8.52. The molecular weight excluding hydrogens is 356 g/mol. The van der Waals surface area contributed by atoms with E-state index in [1.165, 1.54) is 0 Å². The molecule has 1 heterocycles. The van der Waals surface area contributed by atoms with Crippen LogP contribution >= 0.6 is 0 Å². The number of aromatic nitrogens is 1. The highest BCUT2D eigenvalue weighted by atomic mass is 16.5. The van der Waals surface area contributed by atoms with Crippen LogP contribution in [0, 0.1) is 0 Å². The number of nitrogens with one attached hydrogen (secondary N) is 1. The molecule has 3 aromatic rings. The summed E-state index contributed by atoms with van der Waals surface area (Å²) in [5, 5.41) is 3.32. The first-order valence-electron chi connectivity index (χ1n) is 9.06. The van der Waals surface area contributed by atoms with Gasteiger partial charge in [0.1, 0.15) is 5.75 Å². The van der Waals surface area contributed by atoms with Crippen LogP contribution in [-0.2, 0) is 9.53 Å². The van der Waals surface area contributed by atoms with E-state index in [1.807, 2.05) is 55.5 Å². The monoisotopic (exact) mass is 378 g/mol. The molecule has 0 fully saturated rings. The fourth-order valence-corrected chi connectivity index (χ4v) is 2.85. The number of likely N-dealkylation sites (N-methyl/N-ethyl adjacent to an activating group) is 1. The van der Waals surface area contributed by atoms with E-state index in [2.05, 4.69) is 10.3 Å². The highest BCUT2D eigenvalue weighted by Gasteiger charge is 2.21. The Balaban J connectivity index is 2.00. The number of esters is 1. The van der Waals surface area contributed by atoms with Crippen LogP contribution in [0.5, 0.6) is 5.75 Å². The van der Waals surface area contributed by atoms with Gasteiger partial charge in [-0.05, 0) is 50.2 Å². The average molecular weight is 378 g/mol. The summed E-state index contributed by atoms with van der Waals surface area (Å²) in [4.78, 5) is 29.4. The van der Waals surface area contributed by atoms with Crippen LogP contribution in [0.2, 0.25) is 0 Å². The average Bonchev–Trinajstić information content (AvgIpc) is 2.73. The van der Waals surface area contributed by atoms with E-state index in [9.17, 15) is 9.59 Å². The molecule has 0 aliphatic carbocycles. The molecule has 1 N–H and O–H groups in total. The summed E-state index contributed by atoms with van der Waals surface area (Å²) in [7, 11) is 1.60. The quantitative estimate of drug-likeness (QED) is 0.663. The second-order valence-corrected chi connectivity index (χ2v) is 6.24. The van der Waals surface area contributed by atoms with E-state index in [4.69, 9.17) is 9.47 Å². The number of ether oxygens (including phenoxy) is 2. The summed E-state index contributed by atoms with van der Waals surface area (Å²) >= 11 is 0. The molecule has 0 saturated carbocycles. The second-order valence-electron chi connectivity index (χ2n) is 6.24. The summed E-state index contributed by atoms with van der Waals surface area (Å²) in [6.45, 7) is 3.83. The van der Waals surface area contributed by atoms with Crippen LogP contribution < -0.4 is 10.1 Å². The zero-order valence-corrected chi connectivity index (χ0v) is 16.1. The number of carbonyl (C=O) groups is 2. The molecule has 28 heavy (non-hydrogen) atoms. The topological polar surface area (TPSA) is 77.5 Å². The third kappa shape index (κ3) is 4.11. The molecule has 0 bridgehead atoms. The van der Waals surface area contributed by atoms with Crippen LogP contribution in [0.1, 0.15) is 24.2 Å². The van der Waals surface area contributed by atoms with Gasteiger partial charge in [0.15, 0.2) is 6.10 Å². The van der Waals surface area contributed by atoms with Crippen LogP contribution in [0.15, 0.2) is 54.6 Å². The first-order valence-corrected chi connectivity index (χ1v) is 9.06. The predicted molar refractivity (Wildman–Crippen MR) is 107 cm³/mol. The molecule has 0 aliphatic rings. The van der Waals surface area contributed by atoms with E-state index < -0.39 is 12.1 Å². The van der Waals surface area contributed by atoms with Crippen molar-refractivity contribution in [3.05, 3.63) is 60.2 Å². The van der Waals surface area contributed by atoms with Gasteiger partial charge in [-0.3, -0.25) is 4.79 Å². The molecule has 0 unspecified atom stereocenters. The van der Waals surface area contributed by atoms with Crippen molar-refractivity contribution in [3.63, 3.8) is 0 Å². The van der Waals surface area contributed by atoms with Crippen molar-refractivity contribution in [2.45, 2.75) is 20.0 Å². The Hall–Kier alpha value is -3.41. The van der Waals surface area contributed by atoms with Crippen LogP contribution in [-0.4, -0.2) is 36.6 Å². The SMILES string of the molecule is CCNC(=O)[C@H](C)OC(=O)c1cc(-c2ccc(OC)cc2)nc2ccccc12. The zero-order valence-electron chi connectivity index (χ0n) is 16.1. The van der Waals surface area contributed by atoms with Crippen molar-refractivity contribution in [1.82, 2.24) is 10.3 Å². The summed E-state index contributed by atoms with van der Waals surface area (Å²) in [5.41, 5.74) is 2.53. The molecule has 1 amide bonds. The van der Waals surface area contributed by atoms with Gasteiger partial charge >= 0.3 is 5.97 Å². The number of nitrogens with zero attached hydrogens (tertiary/aromatic N) is 1. The lowest BCUT2D eigenvalue weighted by Crippen LogP contribution is -2.35. The van der Waals surface area contributed by atoms with E-state index in [1.54, 1.807) is 20.1 Å². The molecular formula is C22H22N2O4. The number of pyridine rings is 1. The number of rotatable bonds is 6. The fraction of sp³-hybridized carbons (Fsp3) is 0.227. The summed E-state index contributed by atoms with van der Waals surface area (Å²) < 4.78 is 10.6. The molecule has 6 nitrogen and oxygen atoms in total. The third-order valence-corrected chi connectivity index (χ3v) is 4.33. The molecule has 1 atom stereocenters. The van der Waals surface area contributed by atoms with E-state index in [-0.39, 0.29) is 5.91 Å². The molecule has 0 aliphatic heterocycles. The third-order valence-electron chi connectivity index (χ3n) is 4.33. The maximum Gasteiger partial charge on any atom is 0.339 e. The minimum atomic E-state index is -0.885. The number of para-hydroxylation sites is 1. The summed E-state index contributed by atoms with van der Waals surface area (Å²) in [5.74, 6) is -0.156. The highest BCUT2D eigenvalue weighted by Crippen LogP contribution is 2.27. The molecule has 0 spiro atoms. The van der Waals surface area contributed by atoms with Gasteiger partial charge in [-0.2, -0.15) is 0 Å². The Kier molecular flexibility index (Phi) is 5.89. The standard InChI is InChI=1S/C22H22N2O4/c1-4-23-21(25)14(2)28-22(26)18-13-20(15-9-11-16(27-3)12-10-15)24-19-8-6-5-7-17(18)19/h5-14H,4H2,1-3H3,(H,23,25)/t14-/m0/s1. The first kappa shape index (κ1) is 19.4. The maximum atomic E-state index is 12.8. The Bertz CT molecular complexity index is 999. The number of carbonyl (C=O) groups excluding carboxylic acids is 2. The lowest BCUT2D eigenvalue weighted by atomic mass is 10.0. The van der Waals surface area contributed by atoms with E-state index in [0.29, 0.717) is 28.7 Å². The Morgan fingerprint density at radius 3 is 2.50 bits per heavy atom. The maximum absolute atomic E-state index is 12.8. The first-order chi connectivity index (χ1) is 13.5. The number of hydrogen-bond donors (Lipinski definition) is 1. The van der Waals surface area contributed by atoms with Crippen LogP contribution in [0.4, 0.5) is 0 Å². The van der Waals surface area contributed by atoms with Crippen LogP contribution in [0.3, 0.4) is 0 Å². The van der Waals surface area contributed by atoms with Crippen molar-refractivity contribution in [2.24, 2.45) is 0 Å². The van der Waals surface area contributed by atoms with Crippen molar-refractivity contribution in [3.8, 4) is 17.0 Å². The van der Waals surface area contributed by atoms with Gasteiger partial charge in [-0.1, -0.05) is 18.2 Å². The summed E-state index contributed by atoms with van der Waals surface area (Å²) in [6.07, 6.45) is -0.885. The van der Waals surface area contributed by atoms with E-state index >= 15 is 0 Å². The van der Waals surface area contributed by atoms with Gasteiger partial charge in [0, 0.05) is 17.5 Å². The van der Waals surface area contributed by atoms with Gasteiger partial charge in [-0.15, -0.1) is 0 Å². The Labute approximate surface area is 163 Å². The molecule has 6 heteroatoms. The molecule has 2 aromatic carbocycles. The van der Waals surface area contributed by atoms with Crippen LogP contribution in [0.25, 0.3) is 22.2 Å². The van der Waals surface area contributed by atoms with Crippen molar-refractivity contribution >= 4 is 22.8 Å². The number of benzene rings is 2. The molecule has 0 saturated heterocycles. The lowest BCUT2D eigenvalue weighted by Gasteiger charge is -2.14. The number of amides is 1. The number of fused-ring (bicyclic) bond motifs is 1. The molecule has 1 aromatic heterocycles. The lowest BCUT2D eigenvalue weighted by molar-refractivity contribution is -0.128. The Morgan fingerprint density at radius 2 is 1.82 bits per heavy atom. The van der Waals surface area contributed by atoms with Gasteiger partial charge in [-0.25, -0.2) is 9.78 Å². The van der Waals surface area contributed by atoms with Crippen molar-refractivity contribution < 1.29 is 19.1 Å². The normalized spacial score (nSPS) is 11.7. The van der Waals surface area contributed by atoms with Gasteiger partial charge in [0.05, 0.1) is 23.9 Å². The number of hydrogen-bond acceptors (Lipinski definition) is 5. The smallest absolute Gasteiger partial charge is 0.339 e. The fourth-order valence-electron chi connectivity index (χ4n) is 2.85. The van der Waals surface area contributed by atoms with Crippen molar-refractivity contribution in [1.29, 1.82) is 0 Å². The summed E-state index contributed by atoms with van der Waals surface area (Å²) in [6, 6.07) is 16.5. The predicted octanol–water partition coefficient (Wildman–Crippen LogP) is 3.59. The van der Waals surface area contributed by atoms with E-state index in [0.717, 1.165) is 11.3 Å². The minimum Gasteiger partial charge on any atom is -0.497 e. The molecule has 144 valence electrons. The molecule has 0 radical (unpaired) electrons. The highest BCUT2D eigenvalue weighted by molar-refractivity contribution is 6.05. The number of methoxy groups -OCH3 is 1. The van der Waals surface area contributed by atoms with Crippen molar-refractivity contribution in [2.75, 3.05) is 13.7 Å². The van der Waals surface area contributed by atoms with Gasteiger partial charge < -0.3 is 14.8 Å². The zero-order chi connectivity index (χ0) is 20.1. The Morgan fingerprint density at radius 1 is 1.11 bits per heavy atom. The minimum absolute atomic E-state index is 0.329.